The molecule has 1 aromatic heterocycles. The molecule has 7 heteroatoms. The third kappa shape index (κ3) is 5.11. The van der Waals surface area contributed by atoms with Crippen molar-refractivity contribution >= 4 is 10.0 Å². The molecule has 26 heavy (non-hydrogen) atoms. The van der Waals surface area contributed by atoms with Crippen LogP contribution >= 0.6 is 0 Å². The Morgan fingerprint density at radius 2 is 1.96 bits per heavy atom. The number of aromatic nitrogens is 1. The Kier molecular flexibility index (Phi) is 6.37. The van der Waals surface area contributed by atoms with E-state index in [-0.39, 0.29) is 11.8 Å². The van der Waals surface area contributed by atoms with Crippen molar-refractivity contribution < 1.29 is 13.2 Å². The first-order chi connectivity index (χ1) is 12.6. The van der Waals surface area contributed by atoms with E-state index in [1.807, 2.05) is 43.3 Å². The Balaban J connectivity index is 1.71. The van der Waals surface area contributed by atoms with Gasteiger partial charge in [0.25, 0.3) is 0 Å². The Labute approximate surface area is 155 Å². The van der Waals surface area contributed by atoms with Gasteiger partial charge in [-0.1, -0.05) is 30.3 Å². The molecule has 0 radical (unpaired) electrons. The molecule has 0 bridgehead atoms. The smallest absolute Gasteiger partial charge is 0.215 e. The van der Waals surface area contributed by atoms with Gasteiger partial charge in [0, 0.05) is 32.0 Å². The van der Waals surface area contributed by atoms with E-state index in [1.54, 1.807) is 12.4 Å². The van der Waals surface area contributed by atoms with Crippen LogP contribution in [0.1, 0.15) is 22.7 Å². The third-order valence-electron chi connectivity index (χ3n) is 4.66. The number of aryl methyl sites for hydroxylation is 1. The fraction of sp³-hybridized carbons (Fsp3) is 0.421. The number of ether oxygens (including phenoxy) is 1. The molecular weight excluding hydrogens is 350 g/mol. The quantitative estimate of drug-likeness (QED) is 0.800. The number of pyridine rings is 1. The second-order valence-corrected chi connectivity index (χ2v) is 8.29. The van der Waals surface area contributed by atoms with Crippen LogP contribution in [-0.4, -0.2) is 51.1 Å². The first-order valence-corrected chi connectivity index (χ1v) is 10.4. The largest absolute Gasteiger partial charge is 0.379 e. The summed E-state index contributed by atoms with van der Waals surface area (Å²) in [6.45, 7) is 5.12. The van der Waals surface area contributed by atoms with Crippen molar-refractivity contribution in [3.8, 4) is 0 Å². The van der Waals surface area contributed by atoms with Crippen molar-refractivity contribution in [2.75, 3.05) is 32.8 Å². The van der Waals surface area contributed by atoms with Crippen molar-refractivity contribution in [1.29, 1.82) is 0 Å². The highest BCUT2D eigenvalue weighted by Crippen LogP contribution is 2.21. The van der Waals surface area contributed by atoms with Gasteiger partial charge in [-0.2, -0.15) is 0 Å². The number of hydrogen-bond donors (Lipinski definition) is 1. The van der Waals surface area contributed by atoms with Crippen molar-refractivity contribution in [3.63, 3.8) is 0 Å². The lowest BCUT2D eigenvalue weighted by Crippen LogP contribution is -2.44. The highest BCUT2D eigenvalue weighted by Gasteiger charge is 2.24. The fourth-order valence-electron chi connectivity index (χ4n) is 3.15. The Morgan fingerprint density at radius 1 is 1.19 bits per heavy atom. The van der Waals surface area contributed by atoms with Crippen LogP contribution < -0.4 is 4.72 Å². The van der Waals surface area contributed by atoms with Gasteiger partial charge in [-0.3, -0.25) is 9.88 Å². The lowest BCUT2D eigenvalue weighted by Gasteiger charge is -2.34. The minimum Gasteiger partial charge on any atom is -0.379 e. The van der Waals surface area contributed by atoms with Crippen LogP contribution in [0.4, 0.5) is 0 Å². The molecule has 1 unspecified atom stereocenters. The highest BCUT2D eigenvalue weighted by atomic mass is 32.2. The molecule has 1 aromatic carbocycles. The van der Waals surface area contributed by atoms with Gasteiger partial charge in [0.15, 0.2) is 0 Å². The molecule has 6 nitrogen and oxygen atoms in total. The maximum Gasteiger partial charge on any atom is 0.215 e. The predicted molar refractivity (Wildman–Crippen MR) is 101 cm³/mol. The van der Waals surface area contributed by atoms with E-state index in [0.29, 0.717) is 19.8 Å². The van der Waals surface area contributed by atoms with Gasteiger partial charge in [0.2, 0.25) is 10.0 Å². The summed E-state index contributed by atoms with van der Waals surface area (Å²) < 4.78 is 33.4. The molecule has 1 atom stereocenters. The Morgan fingerprint density at radius 3 is 2.65 bits per heavy atom. The number of sulfonamides is 1. The maximum atomic E-state index is 12.6. The predicted octanol–water partition coefficient (Wildman–Crippen LogP) is 1.88. The van der Waals surface area contributed by atoms with E-state index in [9.17, 15) is 8.42 Å². The number of benzene rings is 1. The molecule has 1 N–H and O–H groups in total. The van der Waals surface area contributed by atoms with Gasteiger partial charge in [0.1, 0.15) is 0 Å². The SMILES string of the molecule is Cc1ccccc1CS(=O)(=O)NCC(c1cccnc1)N1CCOCC1. The van der Waals surface area contributed by atoms with Crippen LogP contribution in [0.3, 0.4) is 0 Å². The summed E-state index contributed by atoms with van der Waals surface area (Å²) in [4.78, 5) is 6.44. The Bertz CT molecular complexity index is 806. The van der Waals surface area contributed by atoms with Crippen LogP contribution in [-0.2, 0) is 20.5 Å². The zero-order chi connectivity index (χ0) is 18.4. The summed E-state index contributed by atoms with van der Waals surface area (Å²) in [7, 11) is -3.43. The zero-order valence-electron chi connectivity index (χ0n) is 15.0. The number of nitrogens with zero attached hydrogens (tertiary/aromatic N) is 2. The van der Waals surface area contributed by atoms with Gasteiger partial charge < -0.3 is 4.74 Å². The Hall–Kier alpha value is -1.80. The van der Waals surface area contributed by atoms with E-state index >= 15 is 0 Å². The number of morpholine rings is 1. The van der Waals surface area contributed by atoms with E-state index in [0.717, 1.165) is 29.8 Å². The summed E-state index contributed by atoms with van der Waals surface area (Å²) in [6, 6.07) is 11.4. The van der Waals surface area contributed by atoms with Crippen LogP contribution in [0, 0.1) is 6.92 Å². The van der Waals surface area contributed by atoms with E-state index in [4.69, 9.17) is 4.74 Å². The minimum atomic E-state index is -3.43. The van der Waals surface area contributed by atoms with Gasteiger partial charge in [-0.25, -0.2) is 13.1 Å². The second kappa shape index (κ2) is 8.73. The maximum absolute atomic E-state index is 12.6. The first-order valence-electron chi connectivity index (χ1n) is 8.79. The summed E-state index contributed by atoms with van der Waals surface area (Å²) in [5, 5.41) is 0. The number of nitrogens with one attached hydrogen (secondary N) is 1. The van der Waals surface area contributed by atoms with Crippen molar-refractivity contribution in [2.24, 2.45) is 0 Å². The van der Waals surface area contributed by atoms with E-state index < -0.39 is 10.0 Å². The van der Waals surface area contributed by atoms with Gasteiger partial charge in [-0.15, -0.1) is 0 Å². The first kappa shape index (κ1) is 19.0. The molecule has 2 aromatic rings. The molecule has 1 aliphatic heterocycles. The monoisotopic (exact) mass is 375 g/mol. The van der Waals surface area contributed by atoms with Gasteiger partial charge >= 0.3 is 0 Å². The van der Waals surface area contributed by atoms with E-state index in [1.165, 1.54) is 0 Å². The topological polar surface area (TPSA) is 71.5 Å². The molecule has 3 rings (SSSR count). The van der Waals surface area contributed by atoms with Crippen LogP contribution in [0.25, 0.3) is 0 Å². The summed E-state index contributed by atoms with van der Waals surface area (Å²) in [5.74, 6) is -0.0114. The standard InChI is InChI=1S/C19H25N3O3S/c1-16-5-2-3-6-18(16)15-26(23,24)21-14-19(17-7-4-8-20-13-17)22-9-11-25-12-10-22/h2-8,13,19,21H,9-12,14-15H2,1H3. The average molecular weight is 375 g/mol. The van der Waals surface area contributed by atoms with Crippen LogP contribution in [0.15, 0.2) is 48.8 Å². The molecule has 2 heterocycles. The molecular formula is C19H25N3O3S. The molecule has 1 fully saturated rings. The third-order valence-corrected chi connectivity index (χ3v) is 5.96. The van der Waals surface area contributed by atoms with Crippen molar-refractivity contribution in [3.05, 3.63) is 65.5 Å². The minimum absolute atomic E-state index is 0.0114. The van der Waals surface area contributed by atoms with E-state index in [2.05, 4.69) is 14.6 Å². The zero-order valence-corrected chi connectivity index (χ0v) is 15.8. The molecule has 1 saturated heterocycles. The highest BCUT2D eigenvalue weighted by molar-refractivity contribution is 7.88. The van der Waals surface area contributed by atoms with Crippen LogP contribution in [0.2, 0.25) is 0 Å². The number of rotatable bonds is 7. The summed E-state index contributed by atoms with van der Waals surface area (Å²) in [6.07, 6.45) is 3.53. The summed E-state index contributed by atoms with van der Waals surface area (Å²) >= 11 is 0. The molecule has 0 amide bonds. The second-order valence-electron chi connectivity index (χ2n) is 6.48. The average Bonchev–Trinajstić information content (AvgIpc) is 2.65. The fourth-order valence-corrected chi connectivity index (χ4v) is 4.40. The van der Waals surface area contributed by atoms with Gasteiger partial charge in [0.05, 0.1) is 25.0 Å². The summed E-state index contributed by atoms with van der Waals surface area (Å²) in [5.41, 5.74) is 2.81. The lowest BCUT2D eigenvalue weighted by atomic mass is 10.1. The lowest BCUT2D eigenvalue weighted by molar-refractivity contribution is 0.0171. The van der Waals surface area contributed by atoms with Crippen molar-refractivity contribution in [1.82, 2.24) is 14.6 Å². The van der Waals surface area contributed by atoms with Gasteiger partial charge in [-0.05, 0) is 29.7 Å². The van der Waals surface area contributed by atoms with Crippen LogP contribution in [0.5, 0.6) is 0 Å². The normalized spacial score (nSPS) is 17.1. The molecule has 0 aliphatic carbocycles. The molecule has 1 aliphatic rings. The molecule has 0 spiro atoms. The number of hydrogen-bond acceptors (Lipinski definition) is 5. The molecule has 140 valence electrons. The van der Waals surface area contributed by atoms with Crippen molar-refractivity contribution in [2.45, 2.75) is 18.7 Å². The molecule has 0 saturated carbocycles.